The quantitative estimate of drug-likeness (QED) is 0.754. The zero-order valence-corrected chi connectivity index (χ0v) is 8.49. The number of carbonyl (C=O) groups is 1. The average Bonchev–Trinajstić information content (AvgIpc) is 2.00. The average molecular weight is 265 g/mol. The summed E-state index contributed by atoms with van der Waals surface area (Å²) in [5, 5.41) is 8.55. The van der Waals surface area contributed by atoms with E-state index in [0.717, 1.165) is 0 Å². The van der Waals surface area contributed by atoms with Gasteiger partial charge >= 0.3 is 16.2 Å². The summed E-state index contributed by atoms with van der Waals surface area (Å²) < 4.78 is 61.2. The van der Waals surface area contributed by atoms with E-state index < -0.39 is 33.1 Å². The zero-order chi connectivity index (χ0) is 12.9. The molecule has 0 heterocycles. The van der Waals surface area contributed by atoms with Crippen LogP contribution in [-0.2, 0) is 4.79 Å². The number of nitrogens with two attached hydrogens (primary N) is 1. The second-order valence-electron chi connectivity index (χ2n) is 3.46. The largest absolute Gasteiger partial charge is 0.480 e. The molecule has 0 aromatic heterocycles. The number of carboxylic acids is 1. The van der Waals surface area contributed by atoms with Gasteiger partial charge < -0.3 is 10.8 Å². The number of aliphatic carboxylic acids is 1. The minimum Gasteiger partial charge on any atom is -0.480 e. The standard InChI is InChI=1S/C7H8F5NO2S/c8-16(9,10,11,12)5-1-3-7(13,4-2-5)6(14)15/h1-3H,4,13H2,(H,14,15). The van der Waals surface area contributed by atoms with Gasteiger partial charge in [0.25, 0.3) is 0 Å². The summed E-state index contributed by atoms with van der Waals surface area (Å²) in [6.07, 6.45) is -0.294. The number of hydrogen-bond acceptors (Lipinski definition) is 2. The van der Waals surface area contributed by atoms with Crippen molar-refractivity contribution in [2.24, 2.45) is 5.73 Å². The van der Waals surface area contributed by atoms with Crippen molar-refractivity contribution in [3.05, 3.63) is 23.1 Å². The summed E-state index contributed by atoms with van der Waals surface area (Å²) in [4.78, 5) is 8.42. The van der Waals surface area contributed by atoms with Crippen LogP contribution in [0.15, 0.2) is 23.1 Å². The molecule has 1 rings (SSSR count). The maximum absolute atomic E-state index is 12.2. The fraction of sp³-hybridized carbons (Fsp3) is 0.286. The molecule has 94 valence electrons. The first-order valence-corrected chi connectivity index (χ1v) is 5.85. The van der Waals surface area contributed by atoms with Crippen molar-refractivity contribution in [1.82, 2.24) is 0 Å². The van der Waals surface area contributed by atoms with E-state index in [4.69, 9.17) is 10.8 Å². The van der Waals surface area contributed by atoms with Crippen LogP contribution in [0.4, 0.5) is 19.4 Å². The van der Waals surface area contributed by atoms with E-state index in [2.05, 4.69) is 0 Å². The van der Waals surface area contributed by atoms with E-state index in [0.29, 0.717) is 6.08 Å². The summed E-state index contributed by atoms with van der Waals surface area (Å²) in [6, 6.07) is 0. The molecular formula is C7H8F5NO2S. The van der Waals surface area contributed by atoms with Gasteiger partial charge in [-0.2, -0.15) is 0 Å². The highest BCUT2D eigenvalue weighted by atomic mass is 32.5. The Labute approximate surface area is 87.1 Å². The van der Waals surface area contributed by atoms with Gasteiger partial charge in [0, 0.05) is 0 Å². The first-order valence-electron chi connectivity index (χ1n) is 3.90. The Balaban J connectivity index is 3.12. The highest BCUT2D eigenvalue weighted by molar-refractivity contribution is 8.48. The molecular weight excluding hydrogens is 257 g/mol. The summed E-state index contributed by atoms with van der Waals surface area (Å²) >= 11 is 0. The molecule has 9 heteroatoms. The van der Waals surface area contributed by atoms with Crippen molar-refractivity contribution in [2.75, 3.05) is 0 Å². The first kappa shape index (κ1) is 13.0. The second-order valence-corrected chi connectivity index (χ2v) is 5.87. The topological polar surface area (TPSA) is 63.3 Å². The van der Waals surface area contributed by atoms with Gasteiger partial charge in [-0.3, -0.25) is 0 Å². The molecule has 1 atom stereocenters. The van der Waals surface area contributed by atoms with Crippen LogP contribution in [0.25, 0.3) is 0 Å². The molecule has 0 saturated carbocycles. The Hall–Kier alpha value is -1.09. The number of carboxylic acid groups (broad SMARTS) is 1. The molecule has 0 aromatic rings. The van der Waals surface area contributed by atoms with Gasteiger partial charge in [-0.15, -0.1) is 0 Å². The molecule has 1 aliphatic carbocycles. The minimum atomic E-state index is -9.73. The molecule has 0 saturated heterocycles. The van der Waals surface area contributed by atoms with Crippen molar-refractivity contribution in [3.8, 4) is 0 Å². The van der Waals surface area contributed by atoms with Crippen LogP contribution < -0.4 is 5.73 Å². The third kappa shape index (κ3) is 2.53. The van der Waals surface area contributed by atoms with Crippen LogP contribution in [0, 0.1) is 0 Å². The van der Waals surface area contributed by atoms with Crippen LogP contribution in [-0.4, -0.2) is 16.6 Å². The third-order valence-corrected chi connectivity index (χ3v) is 3.22. The van der Waals surface area contributed by atoms with E-state index in [1.807, 2.05) is 0 Å². The van der Waals surface area contributed by atoms with Crippen molar-refractivity contribution in [1.29, 1.82) is 0 Å². The number of rotatable bonds is 2. The molecule has 16 heavy (non-hydrogen) atoms. The van der Waals surface area contributed by atoms with E-state index in [9.17, 15) is 24.2 Å². The Morgan fingerprint density at radius 1 is 1.38 bits per heavy atom. The summed E-state index contributed by atoms with van der Waals surface area (Å²) in [5.41, 5.74) is 3.10. The summed E-state index contributed by atoms with van der Waals surface area (Å²) in [6.45, 7) is 0. The van der Waals surface area contributed by atoms with Crippen LogP contribution in [0.5, 0.6) is 0 Å². The molecule has 1 unspecified atom stereocenters. The zero-order valence-electron chi connectivity index (χ0n) is 7.67. The van der Waals surface area contributed by atoms with Crippen molar-refractivity contribution in [3.63, 3.8) is 0 Å². The van der Waals surface area contributed by atoms with Gasteiger partial charge in [0.1, 0.15) is 10.4 Å². The molecule has 3 nitrogen and oxygen atoms in total. The molecule has 0 amide bonds. The van der Waals surface area contributed by atoms with Crippen molar-refractivity contribution in [2.45, 2.75) is 12.0 Å². The van der Waals surface area contributed by atoms with E-state index >= 15 is 0 Å². The summed E-state index contributed by atoms with van der Waals surface area (Å²) in [5.74, 6) is -1.58. The fourth-order valence-corrected chi connectivity index (χ4v) is 1.80. The second kappa shape index (κ2) is 2.59. The monoisotopic (exact) mass is 265 g/mol. The van der Waals surface area contributed by atoms with E-state index in [1.165, 1.54) is 0 Å². The maximum atomic E-state index is 12.2. The van der Waals surface area contributed by atoms with Crippen molar-refractivity contribution < 1.29 is 29.3 Å². The van der Waals surface area contributed by atoms with Crippen LogP contribution in [0.3, 0.4) is 0 Å². The Morgan fingerprint density at radius 3 is 2.12 bits per heavy atom. The van der Waals surface area contributed by atoms with Gasteiger partial charge in [0.15, 0.2) is 0 Å². The van der Waals surface area contributed by atoms with E-state index in [-0.39, 0.29) is 12.2 Å². The lowest BCUT2D eigenvalue weighted by Crippen LogP contribution is -2.46. The summed E-state index contributed by atoms with van der Waals surface area (Å²) in [7, 11) is -9.73. The third-order valence-electron chi connectivity index (χ3n) is 2.03. The Bertz CT molecular complexity index is 411. The lowest BCUT2D eigenvalue weighted by Gasteiger charge is -2.42. The predicted molar refractivity (Wildman–Crippen MR) is 49.5 cm³/mol. The predicted octanol–water partition coefficient (Wildman–Crippen LogP) is 2.91. The highest BCUT2D eigenvalue weighted by Crippen LogP contribution is 3.02. The van der Waals surface area contributed by atoms with Crippen molar-refractivity contribution >= 4 is 16.2 Å². The molecule has 0 aromatic carbocycles. The van der Waals surface area contributed by atoms with E-state index in [1.54, 1.807) is 0 Å². The SMILES string of the molecule is NC1(C(=O)O)C=CC(S(F)(F)(F)(F)F)=CC1. The molecule has 0 bridgehead atoms. The number of hydrogen-bond donors (Lipinski definition) is 2. The van der Waals surface area contributed by atoms with Crippen LogP contribution in [0.2, 0.25) is 0 Å². The lowest BCUT2D eigenvalue weighted by molar-refractivity contribution is -0.141. The van der Waals surface area contributed by atoms with Crippen LogP contribution in [0.1, 0.15) is 6.42 Å². The van der Waals surface area contributed by atoms with Gasteiger partial charge in [-0.1, -0.05) is 31.6 Å². The molecule has 0 fully saturated rings. The first-order chi connectivity index (χ1) is 6.74. The van der Waals surface area contributed by atoms with Crippen LogP contribution >= 0.6 is 10.2 Å². The van der Waals surface area contributed by atoms with Gasteiger partial charge in [-0.25, -0.2) is 4.79 Å². The number of allylic oxidation sites excluding steroid dienone is 1. The fourth-order valence-electron chi connectivity index (χ4n) is 1.08. The maximum Gasteiger partial charge on any atom is 0.328 e. The minimum absolute atomic E-state index is 0.0131. The molecule has 1 aliphatic rings. The normalized spacial score (nSPS) is 30.2. The smallest absolute Gasteiger partial charge is 0.328 e. The Kier molecular flexibility index (Phi) is 2.10. The highest BCUT2D eigenvalue weighted by Gasteiger charge is 2.66. The van der Waals surface area contributed by atoms with Gasteiger partial charge in [0.2, 0.25) is 0 Å². The lowest BCUT2D eigenvalue weighted by atomic mass is 9.93. The molecule has 0 spiro atoms. The Morgan fingerprint density at radius 2 is 1.88 bits per heavy atom. The molecule has 0 radical (unpaired) electrons. The number of halogens is 5. The molecule has 0 aliphatic heterocycles. The van der Waals surface area contributed by atoms with Gasteiger partial charge in [0.05, 0.1) is 0 Å². The molecule has 3 N–H and O–H groups in total. The van der Waals surface area contributed by atoms with Gasteiger partial charge in [-0.05, 0) is 12.5 Å².